The third kappa shape index (κ3) is 3.37. The van der Waals surface area contributed by atoms with Crippen molar-refractivity contribution in [2.75, 3.05) is 36.0 Å². The number of piperazine rings is 1. The highest BCUT2D eigenvalue weighted by atomic mass is 16.2. The molecular weight excluding hydrogens is 354 g/mol. The van der Waals surface area contributed by atoms with Gasteiger partial charge in [0.15, 0.2) is 0 Å². The molecule has 2 amide bonds. The lowest BCUT2D eigenvalue weighted by atomic mass is 10.1. The zero-order valence-electron chi connectivity index (χ0n) is 16.5. The monoisotopic (exact) mass is 381 g/mol. The van der Waals surface area contributed by atoms with Crippen LogP contribution in [0.2, 0.25) is 0 Å². The van der Waals surface area contributed by atoms with Crippen LogP contribution < -0.4 is 9.80 Å². The molecule has 1 unspecified atom stereocenters. The van der Waals surface area contributed by atoms with E-state index < -0.39 is 6.04 Å². The molecule has 1 aromatic heterocycles. The van der Waals surface area contributed by atoms with E-state index in [1.165, 1.54) is 5.69 Å². The Labute approximate surface area is 165 Å². The molecule has 1 fully saturated rings. The lowest BCUT2D eigenvalue weighted by Crippen LogP contribution is -2.57. The Morgan fingerprint density at radius 2 is 1.82 bits per heavy atom. The van der Waals surface area contributed by atoms with Gasteiger partial charge in [-0.15, -0.1) is 0 Å². The Morgan fingerprint density at radius 1 is 1.11 bits per heavy atom. The van der Waals surface area contributed by atoms with Gasteiger partial charge in [0.05, 0.1) is 12.2 Å². The van der Waals surface area contributed by atoms with Crippen molar-refractivity contribution < 1.29 is 9.59 Å². The SMILES string of the molecule is CCC(C(=O)N1CCN(c2ccccc2)CC1)N1C(=O)CCn2nc(C)cc21. The van der Waals surface area contributed by atoms with Gasteiger partial charge in [-0.05, 0) is 25.5 Å². The molecular formula is C21H27N5O2. The third-order valence-electron chi connectivity index (χ3n) is 5.63. The van der Waals surface area contributed by atoms with Gasteiger partial charge in [-0.1, -0.05) is 25.1 Å². The lowest BCUT2D eigenvalue weighted by molar-refractivity contribution is -0.135. The molecule has 148 valence electrons. The summed E-state index contributed by atoms with van der Waals surface area (Å²) in [4.78, 5) is 31.9. The predicted octanol–water partition coefficient (Wildman–Crippen LogP) is 2.06. The van der Waals surface area contributed by atoms with Crippen LogP contribution in [0.3, 0.4) is 0 Å². The van der Waals surface area contributed by atoms with Gasteiger partial charge in [-0.3, -0.25) is 14.5 Å². The van der Waals surface area contributed by atoms with Crippen LogP contribution in [0.1, 0.15) is 25.5 Å². The van der Waals surface area contributed by atoms with Crippen molar-refractivity contribution in [2.24, 2.45) is 0 Å². The van der Waals surface area contributed by atoms with Gasteiger partial charge in [0, 0.05) is 44.4 Å². The second-order valence-corrected chi connectivity index (χ2v) is 7.45. The van der Waals surface area contributed by atoms with E-state index in [0.29, 0.717) is 32.5 Å². The topological polar surface area (TPSA) is 61.7 Å². The third-order valence-corrected chi connectivity index (χ3v) is 5.63. The fourth-order valence-corrected chi connectivity index (χ4v) is 4.18. The number of hydrogen-bond donors (Lipinski definition) is 0. The number of fused-ring (bicyclic) bond motifs is 1. The summed E-state index contributed by atoms with van der Waals surface area (Å²) in [5, 5.41) is 4.46. The molecule has 1 aromatic carbocycles. The molecule has 0 aliphatic carbocycles. The molecule has 0 bridgehead atoms. The van der Waals surface area contributed by atoms with Gasteiger partial charge < -0.3 is 9.80 Å². The van der Waals surface area contributed by atoms with Crippen molar-refractivity contribution in [1.29, 1.82) is 0 Å². The molecule has 7 heteroatoms. The number of amides is 2. The number of anilines is 2. The minimum absolute atomic E-state index is 0.00974. The van der Waals surface area contributed by atoms with Crippen LogP contribution in [0.25, 0.3) is 0 Å². The van der Waals surface area contributed by atoms with Crippen molar-refractivity contribution >= 4 is 23.3 Å². The molecule has 1 saturated heterocycles. The second-order valence-electron chi connectivity index (χ2n) is 7.45. The van der Waals surface area contributed by atoms with Gasteiger partial charge in [0.1, 0.15) is 11.9 Å². The van der Waals surface area contributed by atoms with Crippen molar-refractivity contribution in [3.05, 3.63) is 42.1 Å². The van der Waals surface area contributed by atoms with Crippen LogP contribution in [0.15, 0.2) is 36.4 Å². The summed E-state index contributed by atoms with van der Waals surface area (Å²) in [5.74, 6) is 0.795. The number of aromatic nitrogens is 2. The van der Waals surface area contributed by atoms with Gasteiger partial charge in [-0.2, -0.15) is 5.10 Å². The minimum Gasteiger partial charge on any atom is -0.368 e. The molecule has 0 saturated carbocycles. The van der Waals surface area contributed by atoms with Gasteiger partial charge in [0.2, 0.25) is 11.8 Å². The number of carbonyl (C=O) groups excluding carboxylic acids is 2. The minimum atomic E-state index is -0.467. The Bertz CT molecular complexity index is 855. The Kier molecular flexibility index (Phi) is 5.07. The van der Waals surface area contributed by atoms with Crippen LogP contribution in [0.5, 0.6) is 0 Å². The molecule has 2 aromatic rings. The van der Waals surface area contributed by atoms with Crippen molar-refractivity contribution in [3.8, 4) is 0 Å². The number of nitrogens with zero attached hydrogens (tertiary/aromatic N) is 5. The first-order chi connectivity index (χ1) is 13.6. The summed E-state index contributed by atoms with van der Waals surface area (Å²) in [7, 11) is 0. The molecule has 4 rings (SSSR count). The second kappa shape index (κ2) is 7.66. The summed E-state index contributed by atoms with van der Waals surface area (Å²) < 4.78 is 1.85. The molecule has 0 spiro atoms. The van der Waals surface area contributed by atoms with Crippen LogP contribution >= 0.6 is 0 Å². The zero-order chi connectivity index (χ0) is 19.7. The summed E-state index contributed by atoms with van der Waals surface area (Å²) >= 11 is 0. The fourth-order valence-electron chi connectivity index (χ4n) is 4.18. The molecule has 0 N–H and O–H groups in total. The maximum absolute atomic E-state index is 13.3. The predicted molar refractivity (Wildman–Crippen MR) is 108 cm³/mol. The molecule has 28 heavy (non-hydrogen) atoms. The Hall–Kier alpha value is -2.83. The summed E-state index contributed by atoms with van der Waals surface area (Å²) in [6.45, 7) is 7.42. The van der Waals surface area contributed by atoms with E-state index in [1.807, 2.05) is 47.7 Å². The van der Waals surface area contributed by atoms with E-state index in [-0.39, 0.29) is 11.8 Å². The lowest BCUT2D eigenvalue weighted by Gasteiger charge is -2.40. The molecule has 1 atom stereocenters. The molecule has 7 nitrogen and oxygen atoms in total. The highest BCUT2D eigenvalue weighted by Gasteiger charge is 2.37. The van der Waals surface area contributed by atoms with Gasteiger partial charge in [-0.25, -0.2) is 4.68 Å². The maximum atomic E-state index is 13.3. The standard InChI is InChI=1S/C21H27N5O2/c1-3-18(26-19-15-16(2)22-25(19)10-9-20(26)27)21(28)24-13-11-23(12-14-24)17-7-5-4-6-8-17/h4-8,15,18H,3,9-14H2,1-2H3. The molecule has 0 radical (unpaired) electrons. The van der Waals surface area contributed by atoms with E-state index in [9.17, 15) is 9.59 Å². The van der Waals surface area contributed by atoms with Crippen LogP contribution in [-0.2, 0) is 16.1 Å². The first kappa shape index (κ1) is 18.5. The average Bonchev–Trinajstić information content (AvgIpc) is 3.11. The van der Waals surface area contributed by atoms with Gasteiger partial charge >= 0.3 is 0 Å². The summed E-state index contributed by atoms with van der Waals surface area (Å²) in [6.07, 6.45) is 0.980. The maximum Gasteiger partial charge on any atom is 0.245 e. The molecule has 2 aliphatic heterocycles. The largest absolute Gasteiger partial charge is 0.368 e. The number of aryl methyl sites for hydroxylation is 2. The molecule has 3 heterocycles. The highest BCUT2D eigenvalue weighted by molar-refractivity contribution is 6.01. The number of hydrogen-bond acceptors (Lipinski definition) is 4. The van der Waals surface area contributed by atoms with E-state index >= 15 is 0 Å². The smallest absolute Gasteiger partial charge is 0.245 e. The average molecular weight is 381 g/mol. The van der Waals surface area contributed by atoms with Crippen molar-refractivity contribution in [1.82, 2.24) is 14.7 Å². The van der Waals surface area contributed by atoms with Crippen molar-refractivity contribution in [3.63, 3.8) is 0 Å². The normalized spacial score (nSPS) is 18.2. The van der Waals surface area contributed by atoms with Crippen molar-refractivity contribution in [2.45, 2.75) is 39.3 Å². The van der Waals surface area contributed by atoms with E-state index in [2.05, 4.69) is 22.1 Å². The van der Waals surface area contributed by atoms with Crippen LogP contribution in [0.4, 0.5) is 11.5 Å². The van der Waals surface area contributed by atoms with E-state index in [1.54, 1.807) is 4.90 Å². The Balaban J connectivity index is 1.49. The number of benzene rings is 1. The van der Waals surface area contributed by atoms with Gasteiger partial charge in [0.25, 0.3) is 0 Å². The highest BCUT2D eigenvalue weighted by Crippen LogP contribution is 2.27. The number of rotatable bonds is 4. The zero-order valence-corrected chi connectivity index (χ0v) is 16.5. The first-order valence-electron chi connectivity index (χ1n) is 10.0. The molecule has 2 aliphatic rings. The van der Waals surface area contributed by atoms with Crippen LogP contribution in [0, 0.1) is 6.92 Å². The summed E-state index contributed by atoms with van der Waals surface area (Å²) in [5.41, 5.74) is 2.06. The first-order valence-corrected chi connectivity index (χ1v) is 10.0. The quantitative estimate of drug-likeness (QED) is 0.813. The number of para-hydroxylation sites is 1. The fraction of sp³-hybridized carbons (Fsp3) is 0.476. The summed E-state index contributed by atoms with van der Waals surface area (Å²) in [6, 6.07) is 11.7. The Morgan fingerprint density at radius 3 is 2.50 bits per heavy atom. The van der Waals surface area contributed by atoms with E-state index in [0.717, 1.165) is 24.6 Å². The van der Waals surface area contributed by atoms with Crippen LogP contribution in [-0.4, -0.2) is 58.7 Å². The van der Waals surface area contributed by atoms with E-state index in [4.69, 9.17) is 0 Å². The number of carbonyl (C=O) groups is 2.